The number of nitrogens with two attached hydrogens (primary N) is 3. The fourth-order valence-corrected chi connectivity index (χ4v) is 7.78. The Balaban J connectivity index is 0.00000462. The van der Waals surface area contributed by atoms with Crippen LogP contribution in [0.4, 0.5) is 16.2 Å². The number of methoxy groups -OCH3 is 1. The van der Waals surface area contributed by atoms with Crippen LogP contribution in [0.25, 0.3) is 11.1 Å². The van der Waals surface area contributed by atoms with Crippen molar-refractivity contribution in [3.63, 3.8) is 0 Å². The second-order valence-electron chi connectivity index (χ2n) is 8.62. The van der Waals surface area contributed by atoms with Crippen molar-refractivity contribution in [2.75, 3.05) is 45.0 Å². The Labute approximate surface area is 261 Å². The lowest BCUT2D eigenvalue weighted by molar-refractivity contribution is 0.0728. The first-order valence-corrected chi connectivity index (χ1v) is 15.7. The predicted octanol–water partition coefficient (Wildman–Crippen LogP) is 4.52. The van der Waals surface area contributed by atoms with E-state index < -0.39 is 15.9 Å². The van der Waals surface area contributed by atoms with Crippen LogP contribution in [-0.4, -0.2) is 66.0 Å². The van der Waals surface area contributed by atoms with Crippen LogP contribution in [0.1, 0.15) is 25.3 Å². The molecule has 0 aliphatic carbocycles. The largest absolute Gasteiger partial charge is 0.383 e. The highest BCUT2D eigenvalue weighted by molar-refractivity contribution is 8.01. The number of carbonyl (C=O) groups excluding carboxylic acids is 1. The standard InChI is InChI=1S/C26H33N7O5S3.2CH4/c1-15-11-17(32-25(29)30)13-19(33-26(34)31-7-8-38-10-9-37-2)22(15)16-5-4-6-18(12-16)41(35,36)21-14-20(23(27)28)40-24(21)39-3;;/h4-6,11-14H,7-10H2,1-3H3,(H3,27,28)(H4,29,30,32)(H2,31,33,34);2*1H4. The molecule has 1 aromatic heterocycles. The molecule has 0 atom stereocenters. The molecular weight excluding hydrogens is 611 g/mol. The van der Waals surface area contributed by atoms with E-state index in [2.05, 4.69) is 15.6 Å². The quantitative estimate of drug-likeness (QED) is 0.0663. The van der Waals surface area contributed by atoms with Crippen molar-refractivity contribution in [2.24, 2.45) is 22.2 Å². The molecule has 0 saturated heterocycles. The van der Waals surface area contributed by atoms with E-state index >= 15 is 0 Å². The lowest BCUT2D eigenvalue weighted by Crippen LogP contribution is -2.32. The zero-order valence-electron chi connectivity index (χ0n) is 22.8. The number of rotatable bonds is 13. The van der Waals surface area contributed by atoms with Gasteiger partial charge in [0, 0.05) is 19.2 Å². The minimum Gasteiger partial charge on any atom is -0.383 e. The third-order valence-electron chi connectivity index (χ3n) is 5.63. The maximum absolute atomic E-state index is 13.7. The van der Waals surface area contributed by atoms with Crippen LogP contribution in [-0.2, 0) is 19.3 Å². The van der Waals surface area contributed by atoms with Crippen LogP contribution >= 0.6 is 23.1 Å². The summed E-state index contributed by atoms with van der Waals surface area (Å²) in [6.45, 7) is 3.21. The summed E-state index contributed by atoms with van der Waals surface area (Å²) >= 11 is 2.42. The SMILES string of the molecule is C.C.COCCOCCNC(=O)Nc1cc(N=C(N)N)cc(C)c1-c1cccc(S(=O)(=O)c2cc(C(=N)N)sc2SC)c1. The van der Waals surface area contributed by atoms with E-state index in [1.165, 1.54) is 23.9 Å². The number of aryl methyl sites for hydroxylation is 1. The molecule has 0 bridgehead atoms. The molecule has 0 unspecified atom stereocenters. The summed E-state index contributed by atoms with van der Waals surface area (Å²) in [7, 11) is -2.39. The summed E-state index contributed by atoms with van der Waals surface area (Å²) in [6, 6.07) is 10.7. The Kier molecular flexibility index (Phi) is 14.7. The molecule has 0 radical (unpaired) electrons. The van der Waals surface area contributed by atoms with Gasteiger partial charge in [-0.2, -0.15) is 0 Å². The van der Waals surface area contributed by atoms with Crippen LogP contribution < -0.4 is 27.8 Å². The first-order chi connectivity index (χ1) is 19.5. The van der Waals surface area contributed by atoms with Crippen LogP contribution in [0.15, 0.2) is 61.5 Å². The van der Waals surface area contributed by atoms with Gasteiger partial charge in [0.05, 0.1) is 50.1 Å². The van der Waals surface area contributed by atoms with Gasteiger partial charge in [0.25, 0.3) is 0 Å². The van der Waals surface area contributed by atoms with Crippen LogP contribution in [0, 0.1) is 12.3 Å². The van der Waals surface area contributed by atoms with E-state index in [-0.39, 0.29) is 43.0 Å². The lowest BCUT2D eigenvalue weighted by Gasteiger charge is -2.17. The van der Waals surface area contributed by atoms with Crippen LogP contribution in [0.5, 0.6) is 0 Å². The normalized spacial score (nSPS) is 10.7. The van der Waals surface area contributed by atoms with Gasteiger partial charge < -0.3 is 37.3 Å². The molecule has 0 aliphatic rings. The number of hydrogen-bond donors (Lipinski definition) is 6. The number of benzene rings is 2. The highest BCUT2D eigenvalue weighted by Crippen LogP contribution is 2.40. The van der Waals surface area contributed by atoms with Crippen LogP contribution in [0.3, 0.4) is 0 Å². The Morgan fingerprint density at radius 1 is 1.09 bits per heavy atom. The third-order valence-corrected chi connectivity index (χ3v) is 9.97. The summed E-state index contributed by atoms with van der Waals surface area (Å²) in [5.41, 5.74) is 19.4. The van der Waals surface area contributed by atoms with Gasteiger partial charge in [0.15, 0.2) is 5.96 Å². The predicted molar refractivity (Wildman–Crippen MR) is 178 cm³/mol. The molecule has 2 amide bonds. The number of carbonyl (C=O) groups is 1. The molecule has 3 aromatic rings. The number of amides is 2. The van der Waals surface area contributed by atoms with E-state index in [0.717, 1.165) is 11.3 Å². The molecule has 0 spiro atoms. The second kappa shape index (κ2) is 16.9. The maximum atomic E-state index is 13.7. The first-order valence-electron chi connectivity index (χ1n) is 12.2. The van der Waals surface area contributed by atoms with Crippen molar-refractivity contribution >= 4 is 62.1 Å². The molecule has 15 heteroatoms. The van der Waals surface area contributed by atoms with E-state index in [0.29, 0.717) is 57.0 Å². The molecule has 12 nitrogen and oxygen atoms in total. The van der Waals surface area contributed by atoms with Crippen LogP contribution in [0.2, 0.25) is 0 Å². The Morgan fingerprint density at radius 3 is 2.44 bits per heavy atom. The summed E-state index contributed by atoms with van der Waals surface area (Å²) in [6.07, 6.45) is 1.77. The summed E-state index contributed by atoms with van der Waals surface area (Å²) < 4.78 is 38.2. The summed E-state index contributed by atoms with van der Waals surface area (Å²) in [5, 5.41) is 13.3. The van der Waals surface area contributed by atoms with Crippen molar-refractivity contribution in [3.8, 4) is 11.1 Å². The smallest absolute Gasteiger partial charge is 0.319 e. The van der Waals surface area contributed by atoms with Gasteiger partial charge in [-0.3, -0.25) is 5.41 Å². The fourth-order valence-electron chi connectivity index (χ4n) is 3.88. The van der Waals surface area contributed by atoms with Gasteiger partial charge in [0.1, 0.15) is 5.84 Å². The highest BCUT2D eigenvalue weighted by Gasteiger charge is 2.26. The minimum atomic E-state index is -3.96. The van der Waals surface area contributed by atoms with Crippen molar-refractivity contribution in [3.05, 3.63) is 52.9 Å². The zero-order valence-corrected chi connectivity index (χ0v) is 25.3. The number of urea groups is 1. The number of ether oxygens (including phenoxy) is 2. The summed E-state index contributed by atoms with van der Waals surface area (Å²) in [5.74, 6) is -0.355. The number of nitrogens with zero attached hydrogens (tertiary/aromatic N) is 1. The maximum Gasteiger partial charge on any atom is 0.319 e. The molecule has 9 N–H and O–H groups in total. The number of thioether (sulfide) groups is 1. The molecule has 3 rings (SSSR count). The number of nitrogens with one attached hydrogen (secondary N) is 3. The van der Waals surface area contributed by atoms with Crippen molar-refractivity contribution in [1.29, 1.82) is 5.41 Å². The van der Waals surface area contributed by atoms with E-state index in [9.17, 15) is 13.2 Å². The van der Waals surface area contributed by atoms with E-state index in [4.69, 9.17) is 32.1 Å². The summed E-state index contributed by atoms with van der Waals surface area (Å²) in [4.78, 5) is 17.4. The van der Waals surface area contributed by atoms with E-state index in [1.54, 1.807) is 50.6 Å². The Bertz CT molecular complexity index is 1550. The molecule has 43 heavy (non-hydrogen) atoms. The van der Waals surface area contributed by atoms with Gasteiger partial charge in [-0.1, -0.05) is 27.0 Å². The van der Waals surface area contributed by atoms with Gasteiger partial charge in [0.2, 0.25) is 9.84 Å². The zero-order chi connectivity index (χ0) is 30.2. The fraction of sp³-hybridized carbons (Fsp3) is 0.321. The van der Waals surface area contributed by atoms with Crippen molar-refractivity contribution in [2.45, 2.75) is 35.8 Å². The minimum absolute atomic E-state index is 0. The van der Waals surface area contributed by atoms with Gasteiger partial charge in [-0.05, 0) is 54.6 Å². The van der Waals surface area contributed by atoms with E-state index in [1.807, 2.05) is 0 Å². The van der Waals surface area contributed by atoms with Gasteiger partial charge in [-0.25, -0.2) is 18.2 Å². The Hall–Kier alpha value is -3.63. The Morgan fingerprint density at radius 2 is 1.81 bits per heavy atom. The number of hydrogen-bond acceptors (Lipinski definition) is 9. The van der Waals surface area contributed by atoms with Crippen molar-refractivity contribution < 1.29 is 22.7 Å². The second-order valence-corrected chi connectivity index (χ2v) is 12.7. The molecule has 2 aromatic carbocycles. The molecule has 0 fully saturated rings. The number of amidine groups is 1. The average molecular weight is 652 g/mol. The van der Waals surface area contributed by atoms with Gasteiger partial charge in [-0.15, -0.1) is 23.1 Å². The van der Waals surface area contributed by atoms with Crippen molar-refractivity contribution in [1.82, 2.24) is 5.32 Å². The molecule has 0 saturated carbocycles. The number of guanidine groups is 1. The monoisotopic (exact) mass is 651 g/mol. The highest BCUT2D eigenvalue weighted by atomic mass is 32.2. The topological polar surface area (TPSA) is 208 Å². The lowest BCUT2D eigenvalue weighted by atomic mass is 9.97. The third kappa shape index (κ3) is 9.69. The number of aliphatic imine (C=N–C) groups is 1. The number of nitrogen functional groups attached to an aromatic ring is 1. The first kappa shape index (κ1) is 37.4. The molecule has 0 aliphatic heterocycles. The number of anilines is 1. The van der Waals surface area contributed by atoms with Gasteiger partial charge >= 0.3 is 6.03 Å². The average Bonchev–Trinajstić information content (AvgIpc) is 3.36. The number of sulfone groups is 1. The molecular formula is C28H41N7O5S3. The molecule has 236 valence electrons. The number of thiophene rings is 1. The molecule has 1 heterocycles.